The van der Waals surface area contributed by atoms with Gasteiger partial charge < -0.3 is 15.3 Å². The molecule has 8 nitrogen and oxygen atoms in total. The molecule has 0 bridgehead atoms. The number of rotatable bonds is 4. The van der Waals surface area contributed by atoms with Crippen LogP contribution in [-0.4, -0.2) is 75.4 Å². The number of piperazine rings is 1. The number of fused-ring (bicyclic) bond motifs is 2. The summed E-state index contributed by atoms with van der Waals surface area (Å²) in [5.74, 6) is -1.83. The van der Waals surface area contributed by atoms with E-state index in [2.05, 4.69) is 15.2 Å². The molecule has 3 atom stereocenters. The Balaban J connectivity index is 1.62. The van der Waals surface area contributed by atoms with Crippen molar-refractivity contribution >= 4 is 28.6 Å². The van der Waals surface area contributed by atoms with Crippen LogP contribution in [0.4, 0.5) is 0 Å². The summed E-state index contributed by atoms with van der Waals surface area (Å²) in [6.45, 7) is 3.60. The summed E-state index contributed by atoms with van der Waals surface area (Å²) in [6, 6.07) is 7.23. The van der Waals surface area contributed by atoms with Gasteiger partial charge in [0.05, 0.1) is 0 Å². The minimum absolute atomic E-state index is 0.242. The maximum atomic E-state index is 13.4. The van der Waals surface area contributed by atoms with Crippen LogP contribution in [0.25, 0.3) is 10.8 Å². The molecule has 2 aliphatic heterocycles. The molecule has 31 heavy (non-hydrogen) atoms. The molecule has 2 aliphatic rings. The first kappa shape index (κ1) is 21.0. The Hall–Kier alpha value is -3.26. The molecule has 1 saturated heterocycles. The summed E-state index contributed by atoms with van der Waals surface area (Å²) < 4.78 is 0. The van der Waals surface area contributed by atoms with Crippen LogP contribution in [0, 0.1) is 0 Å². The van der Waals surface area contributed by atoms with E-state index in [-0.39, 0.29) is 24.2 Å². The van der Waals surface area contributed by atoms with Gasteiger partial charge in [0.1, 0.15) is 17.8 Å². The van der Waals surface area contributed by atoms with Crippen molar-refractivity contribution in [1.29, 1.82) is 0 Å². The van der Waals surface area contributed by atoms with Crippen LogP contribution in [0.5, 0.6) is 0 Å². The smallest absolute Gasteiger partial charge is 0.327 e. The van der Waals surface area contributed by atoms with Crippen LogP contribution in [0.3, 0.4) is 0 Å². The molecule has 0 spiro atoms. The number of hydrogen-bond donors (Lipinski definition) is 2. The average molecular weight is 422 g/mol. The minimum atomic E-state index is -1.03. The first-order valence-corrected chi connectivity index (χ1v) is 10.6. The Kier molecular flexibility index (Phi) is 5.99. The number of carbonyl (C=O) groups excluding carboxylic acids is 2. The number of aromatic nitrogens is 1. The number of carboxylic acids is 1. The van der Waals surface area contributed by atoms with Crippen LogP contribution in [-0.2, 0) is 9.59 Å². The van der Waals surface area contributed by atoms with Gasteiger partial charge >= 0.3 is 5.97 Å². The van der Waals surface area contributed by atoms with Crippen molar-refractivity contribution in [3.05, 3.63) is 54.4 Å². The van der Waals surface area contributed by atoms with E-state index in [1.165, 1.54) is 4.90 Å². The molecule has 0 saturated carbocycles. The maximum absolute atomic E-state index is 13.4. The summed E-state index contributed by atoms with van der Waals surface area (Å²) >= 11 is 0. The molecule has 1 fully saturated rings. The van der Waals surface area contributed by atoms with Crippen molar-refractivity contribution in [2.24, 2.45) is 0 Å². The Morgan fingerprint density at radius 1 is 1.16 bits per heavy atom. The van der Waals surface area contributed by atoms with E-state index < -0.39 is 24.0 Å². The number of benzene rings is 1. The van der Waals surface area contributed by atoms with Crippen LogP contribution in [0.15, 0.2) is 48.7 Å². The number of hydrogen-bond acceptors (Lipinski definition) is 5. The normalized spacial score (nSPS) is 25.4. The zero-order valence-electron chi connectivity index (χ0n) is 17.4. The second kappa shape index (κ2) is 8.85. The molecule has 1 aromatic heterocycles. The molecule has 2 amide bonds. The molecule has 1 aromatic carbocycles. The molecular formula is C23H26N4O4. The monoisotopic (exact) mass is 422 g/mol. The molecular weight excluding hydrogens is 396 g/mol. The fraction of sp³-hybridized carbons (Fsp3) is 0.391. The van der Waals surface area contributed by atoms with E-state index in [4.69, 9.17) is 0 Å². The van der Waals surface area contributed by atoms with Gasteiger partial charge in [0, 0.05) is 30.7 Å². The van der Waals surface area contributed by atoms with Crippen molar-refractivity contribution in [2.45, 2.75) is 37.9 Å². The first-order valence-electron chi connectivity index (χ1n) is 10.6. The Bertz CT molecular complexity index is 1030. The minimum Gasteiger partial charge on any atom is -0.480 e. The van der Waals surface area contributed by atoms with Crippen LogP contribution >= 0.6 is 0 Å². The Morgan fingerprint density at radius 2 is 1.94 bits per heavy atom. The number of pyridine rings is 1. The third kappa shape index (κ3) is 4.16. The summed E-state index contributed by atoms with van der Waals surface area (Å²) in [5.41, 5.74) is 0.249. The molecule has 162 valence electrons. The van der Waals surface area contributed by atoms with Gasteiger partial charge in [0.25, 0.3) is 5.91 Å². The summed E-state index contributed by atoms with van der Waals surface area (Å²) in [4.78, 5) is 46.2. The standard InChI is InChI=1S/C23H26N4O4/c1-2-26-13-16-8-4-6-10-18(22(29)27(16)19(14-26)23(30)31)25-21(28)20-17-9-5-3-7-15(17)11-12-24-20/h3-7,9,11-12,16,18-19H,2,8,10,13-14H2,1H3,(H,25,28)(H,30,31)/b6-4-/t16-,18-,19-/m0/s1. The molecule has 8 heteroatoms. The van der Waals surface area contributed by atoms with E-state index >= 15 is 0 Å². The van der Waals surface area contributed by atoms with Crippen molar-refractivity contribution in [1.82, 2.24) is 20.1 Å². The molecule has 2 aromatic rings. The maximum Gasteiger partial charge on any atom is 0.327 e. The highest BCUT2D eigenvalue weighted by atomic mass is 16.4. The highest BCUT2D eigenvalue weighted by Crippen LogP contribution is 2.24. The Labute approximate surface area is 180 Å². The van der Waals surface area contributed by atoms with Crippen LogP contribution < -0.4 is 5.32 Å². The lowest BCUT2D eigenvalue weighted by molar-refractivity contribution is -0.158. The van der Waals surface area contributed by atoms with E-state index in [9.17, 15) is 19.5 Å². The number of nitrogens with zero attached hydrogens (tertiary/aromatic N) is 3. The second-order valence-electron chi connectivity index (χ2n) is 7.96. The topological polar surface area (TPSA) is 103 Å². The predicted molar refractivity (Wildman–Crippen MR) is 116 cm³/mol. The lowest BCUT2D eigenvalue weighted by Crippen LogP contribution is -2.66. The Morgan fingerprint density at radius 3 is 2.71 bits per heavy atom. The molecule has 0 aliphatic carbocycles. The fourth-order valence-corrected chi connectivity index (χ4v) is 4.44. The number of aliphatic carboxylic acids is 1. The molecule has 0 radical (unpaired) electrons. The van der Waals surface area contributed by atoms with Gasteiger partial charge in [-0.15, -0.1) is 0 Å². The fourth-order valence-electron chi connectivity index (χ4n) is 4.44. The number of likely N-dealkylation sites (N-methyl/N-ethyl adjacent to an activating group) is 1. The van der Waals surface area contributed by atoms with Gasteiger partial charge in [-0.2, -0.15) is 0 Å². The highest BCUT2D eigenvalue weighted by Gasteiger charge is 2.43. The van der Waals surface area contributed by atoms with E-state index in [1.54, 1.807) is 6.20 Å². The third-order valence-corrected chi connectivity index (χ3v) is 6.05. The highest BCUT2D eigenvalue weighted by molar-refractivity contribution is 6.06. The second-order valence-corrected chi connectivity index (χ2v) is 7.96. The largest absolute Gasteiger partial charge is 0.480 e. The van der Waals surface area contributed by atoms with Crippen molar-refractivity contribution < 1.29 is 19.5 Å². The average Bonchev–Trinajstić information content (AvgIpc) is 2.78. The number of amides is 2. The molecule has 4 rings (SSSR count). The summed E-state index contributed by atoms with van der Waals surface area (Å²) in [6.07, 6.45) is 6.33. The van der Waals surface area contributed by atoms with Crippen LogP contribution in [0.1, 0.15) is 30.3 Å². The van der Waals surface area contributed by atoms with Gasteiger partial charge in [-0.3, -0.25) is 19.5 Å². The predicted octanol–water partition coefficient (Wildman–Crippen LogP) is 1.67. The molecule has 2 N–H and O–H groups in total. The number of carbonyl (C=O) groups is 3. The van der Waals surface area contributed by atoms with Crippen molar-refractivity contribution in [2.75, 3.05) is 19.6 Å². The van der Waals surface area contributed by atoms with Gasteiger partial charge in [0.2, 0.25) is 5.91 Å². The van der Waals surface area contributed by atoms with Gasteiger partial charge in [-0.05, 0) is 30.8 Å². The van der Waals surface area contributed by atoms with Gasteiger partial charge in [-0.1, -0.05) is 43.3 Å². The lowest BCUT2D eigenvalue weighted by atomic mass is 9.97. The SMILES string of the molecule is CCN1C[C@@H]2C/C=C\C[C@H](NC(=O)c3nccc4ccccc34)C(=O)N2[C@H](C(=O)O)C1. The van der Waals surface area contributed by atoms with Gasteiger partial charge in [0.15, 0.2) is 0 Å². The molecule has 3 heterocycles. The zero-order chi connectivity index (χ0) is 22.0. The van der Waals surface area contributed by atoms with Crippen LogP contribution in [0.2, 0.25) is 0 Å². The van der Waals surface area contributed by atoms with Crippen molar-refractivity contribution in [3.63, 3.8) is 0 Å². The van der Waals surface area contributed by atoms with E-state index in [1.807, 2.05) is 49.4 Å². The summed E-state index contributed by atoms with van der Waals surface area (Å²) in [7, 11) is 0. The molecule has 0 unspecified atom stereocenters. The van der Waals surface area contributed by atoms with Gasteiger partial charge in [-0.25, -0.2) is 4.79 Å². The van der Waals surface area contributed by atoms with E-state index in [0.29, 0.717) is 24.8 Å². The zero-order valence-corrected chi connectivity index (χ0v) is 17.4. The van der Waals surface area contributed by atoms with Crippen molar-refractivity contribution in [3.8, 4) is 0 Å². The lowest BCUT2D eigenvalue weighted by Gasteiger charge is -2.46. The van der Waals surface area contributed by atoms with E-state index in [0.717, 1.165) is 11.9 Å². The number of nitrogens with one attached hydrogen (secondary N) is 1. The summed E-state index contributed by atoms with van der Waals surface area (Å²) in [5, 5.41) is 14.2. The third-order valence-electron chi connectivity index (χ3n) is 6.05. The first-order chi connectivity index (χ1) is 15.0. The number of carboxylic acid groups (broad SMARTS) is 1. The quantitative estimate of drug-likeness (QED) is 0.727.